The van der Waals surface area contributed by atoms with Crippen LogP contribution in [-0.2, 0) is 0 Å². The monoisotopic (exact) mass is 248 g/mol. The lowest BCUT2D eigenvalue weighted by Gasteiger charge is -2.37. The van der Waals surface area contributed by atoms with E-state index in [0.29, 0.717) is 17.8 Å². The maximum absolute atomic E-state index is 9.37. The van der Waals surface area contributed by atoms with E-state index in [1.807, 2.05) is 12.1 Å². The number of hydrogen-bond donors (Lipinski definition) is 2. The third-order valence-electron chi connectivity index (χ3n) is 4.00. The van der Waals surface area contributed by atoms with Gasteiger partial charge in [-0.15, -0.1) is 0 Å². The van der Waals surface area contributed by atoms with Crippen molar-refractivity contribution in [2.45, 2.75) is 38.3 Å². The van der Waals surface area contributed by atoms with Crippen LogP contribution in [0.3, 0.4) is 0 Å². The van der Waals surface area contributed by atoms with E-state index in [-0.39, 0.29) is 0 Å². The minimum absolute atomic E-state index is 0.343. The summed E-state index contributed by atoms with van der Waals surface area (Å²) in [6.07, 6.45) is 3.64. The normalized spacial score (nSPS) is 22.1. The van der Waals surface area contributed by atoms with Crippen molar-refractivity contribution in [3.63, 3.8) is 0 Å². The van der Waals surface area contributed by atoms with E-state index >= 15 is 0 Å². The van der Waals surface area contributed by atoms with E-state index in [1.165, 1.54) is 18.4 Å². The molecule has 1 aromatic carbocycles. The molecule has 2 rings (SSSR count). The second kappa shape index (κ2) is 6.21. The molecule has 0 aromatic heterocycles. The van der Waals surface area contributed by atoms with E-state index < -0.39 is 0 Å². The van der Waals surface area contributed by atoms with Crippen LogP contribution < -0.4 is 5.32 Å². The minimum Gasteiger partial charge on any atom is -0.508 e. The van der Waals surface area contributed by atoms with Gasteiger partial charge in [0.15, 0.2) is 0 Å². The second-order valence-electron chi connectivity index (χ2n) is 5.18. The summed E-state index contributed by atoms with van der Waals surface area (Å²) < 4.78 is 0. The van der Waals surface area contributed by atoms with Gasteiger partial charge in [-0.1, -0.05) is 19.1 Å². The molecule has 0 aliphatic carbocycles. The molecular formula is C15H24N2O. The summed E-state index contributed by atoms with van der Waals surface area (Å²) in [7, 11) is 2.22. The number of phenolic OH excluding ortho intramolecular Hbond substituents is 1. The number of nitrogens with one attached hydrogen (secondary N) is 1. The Kier molecular flexibility index (Phi) is 4.61. The summed E-state index contributed by atoms with van der Waals surface area (Å²) in [6, 6.07) is 8.70. The van der Waals surface area contributed by atoms with E-state index in [4.69, 9.17) is 0 Å². The molecule has 0 bridgehead atoms. The second-order valence-corrected chi connectivity index (χ2v) is 5.18. The Labute approximate surface area is 110 Å². The Morgan fingerprint density at radius 2 is 2.11 bits per heavy atom. The van der Waals surface area contributed by atoms with Gasteiger partial charge in [0.2, 0.25) is 0 Å². The van der Waals surface area contributed by atoms with Crippen LogP contribution in [0.4, 0.5) is 0 Å². The van der Waals surface area contributed by atoms with Crippen LogP contribution in [-0.4, -0.2) is 36.2 Å². The van der Waals surface area contributed by atoms with Crippen LogP contribution >= 0.6 is 0 Å². The Bertz CT molecular complexity index is 357. The Morgan fingerprint density at radius 3 is 2.67 bits per heavy atom. The highest BCUT2D eigenvalue weighted by molar-refractivity contribution is 5.28. The van der Waals surface area contributed by atoms with Crippen LogP contribution in [0.15, 0.2) is 24.3 Å². The van der Waals surface area contributed by atoms with Crippen molar-refractivity contribution in [1.82, 2.24) is 10.2 Å². The molecular weight excluding hydrogens is 224 g/mol. The number of phenols is 1. The molecule has 0 spiro atoms. The third-order valence-corrected chi connectivity index (χ3v) is 4.00. The average molecular weight is 248 g/mol. The van der Waals surface area contributed by atoms with E-state index in [0.717, 1.165) is 19.5 Å². The molecule has 0 amide bonds. The van der Waals surface area contributed by atoms with Crippen LogP contribution in [0, 0.1) is 0 Å². The predicted molar refractivity (Wildman–Crippen MR) is 74.8 cm³/mol. The highest BCUT2D eigenvalue weighted by Crippen LogP contribution is 2.27. The number of aromatic hydroxyl groups is 1. The molecule has 1 aliphatic heterocycles. The molecule has 100 valence electrons. The molecule has 1 fully saturated rings. The number of piperidine rings is 1. The van der Waals surface area contributed by atoms with Gasteiger partial charge >= 0.3 is 0 Å². The first-order chi connectivity index (χ1) is 8.72. The first-order valence-electron chi connectivity index (χ1n) is 6.94. The van der Waals surface area contributed by atoms with Gasteiger partial charge in [-0.3, -0.25) is 4.90 Å². The fraction of sp³-hybridized carbons (Fsp3) is 0.600. The van der Waals surface area contributed by atoms with E-state index in [2.05, 4.69) is 24.2 Å². The molecule has 2 atom stereocenters. The van der Waals surface area contributed by atoms with Gasteiger partial charge in [0.1, 0.15) is 5.75 Å². The predicted octanol–water partition coefficient (Wildman–Crippen LogP) is 2.53. The van der Waals surface area contributed by atoms with Crippen molar-refractivity contribution in [3.05, 3.63) is 29.8 Å². The summed E-state index contributed by atoms with van der Waals surface area (Å²) in [4.78, 5) is 2.48. The van der Waals surface area contributed by atoms with Gasteiger partial charge in [0, 0.05) is 18.6 Å². The summed E-state index contributed by atoms with van der Waals surface area (Å²) in [5.41, 5.74) is 1.29. The maximum atomic E-state index is 9.37. The van der Waals surface area contributed by atoms with Crippen molar-refractivity contribution >= 4 is 0 Å². The topological polar surface area (TPSA) is 35.5 Å². The molecule has 0 saturated carbocycles. The molecule has 1 aromatic rings. The van der Waals surface area contributed by atoms with Crippen LogP contribution in [0.1, 0.15) is 37.8 Å². The van der Waals surface area contributed by atoms with Crippen LogP contribution in [0.2, 0.25) is 0 Å². The lowest BCUT2D eigenvalue weighted by Crippen LogP contribution is -2.45. The van der Waals surface area contributed by atoms with Crippen LogP contribution in [0.25, 0.3) is 0 Å². The maximum Gasteiger partial charge on any atom is 0.115 e. The Hall–Kier alpha value is -1.06. The van der Waals surface area contributed by atoms with Gasteiger partial charge in [-0.2, -0.15) is 0 Å². The number of benzene rings is 1. The Balaban J connectivity index is 2.09. The van der Waals surface area contributed by atoms with Crippen LogP contribution in [0.5, 0.6) is 5.75 Å². The molecule has 1 heterocycles. The number of rotatable bonds is 4. The zero-order valence-corrected chi connectivity index (χ0v) is 11.4. The minimum atomic E-state index is 0.343. The lowest BCUT2D eigenvalue weighted by molar-refractivity contribution is 0.143. The zero-order chi connectivity index (χ0) is 13.0. The van der Waals surface area contributed by atoms with Gasteiger partial charge in [0.05, 0.1) is 0 Å². The highest BCUT2D eigenvalue weighted by Gasteiger charge is 2.24. The molecule has 3 heteroatoms. The SMILES string of the molecule is CCC(c1ccc(O)cc1)N(C)C1CCCNC1. The largest absolute Gasteiger partial charge is 0.508 e. The molecule has 18 heavy (non-hydrogen) atoms. The van der Waals surface area contributed by atoms with Crippen molar-refractivity contribution in [1.29, 1.82) is 0 Å². The summed E-state index contributed by atoms with van der Waals surface area (Å²) >= 11 is 0. The lowest BCUT2D eigenvalue weighted by atomic mass is 9.98. The first kappa shape index (κ1) is 13.4. The van der Waals surface area contributed by atoms with Crippen molar-refractivity contribution in [2.75, 3.05) is 20.1 Å². The summed E-state index contributed by atoms with van der Waals surface area (Å²) in [5, 5.41) is 12.8. The number of hydrogen-bond acceptors (Lipinski definition) is 3. The quantitative estimate of drug-likeness (QED) is 0.859. The third kappa shape index (κ3) is 3.03. The molecule has 2 unspecified atom stereocenters. The van der Waals surface area contributed by atoms with E-state index in [9.17, 15) is 5.11 Å². The van der Waals surface area contributed by atoms with Crippen molar-refractivity contribution < 1.29 is 5.11 Å². The van der Waals surface area contributed by atoms with Gasteiger partial charge in [-0.05, 0) is 50.6 Å². The summed E-state index contributed by atoms with van der Waals surface area (Å²) in [5.74, 6) is 0.343. The number of likely N-dealkylation sites (N-methyl/N-ethyl adjacent to an activating group) is 1. The van der Waals surface area contributed by atoms with E-state index in [1.54, 1.807) is 12.1 Å². The van der Waals surface area contributed by atoms with Crippen molar-refractivity contribution in [2.24, 2.45) is 0 Å². The molecule has 0 radical (unpaired) electrons. The highest BCUT2D eigenvalue weighted by atomic mass is 16.3. The van der Waals surface area contributed by atoms with Crippen molar-refractivity contribution in [3.8, 4) is 5.75 Å². The smallest absolute Gasteiger partial charge is 0.115 e. The molecule has 2 N–H and O–H groups in total. The molecule has 1 saturated heterocycles. The molecule has 3 nitrogen and oxygen atoms in total. The fourth-order valence-electron chi connectivity index (χ4n) is 2.89. The molecule has 1 aliphatic rings. The van der Waals surface area contributed by atoms with Gasteiger partial charge in [-0.25, -0.2) is 0 Å². The summed E-state index contributed by atoms with van der Waals surface area (Å²) in [6.45, 7) is 4.47. The average Bonchev–Trinajstić information content (AvgIpc) is 2.42. The van der Waals surface area contributed by atoms with Gasteiger partial charge < -0.3 is 10.4 Å². The van der Waals surface area contributed by atoms with Gasteiger partial charge in [0.25, 0.3) is 0 Å². The zero-order valence-electron chi connectivity index (χ0n) is 11.4. The standard InChI is InChI=1S/C15H24N2O/c1-3-15(12-6-8-14(18)9-7-12)17(2)13-5-4-10-16-11-13/h6-9,13,15-16,18H,3-5,10-11H2,1-2H3. The first-order valence-corrected chi connectivity index (χ1v) is 6.94. The Morgan fingerprint density at radius 1 is 1.39 bits per heavy atom. The number of nitrogens with zero attached hydrogens (tertiary/aromatic N) is 1. The fourth-order valence-corrected chi connectivity index (χ4v) is 2.89.